The number of ether oxygens (including phenoxy) is 2. The van der Waals surface area contributed by atoms with Crippen molar-refractivity contribution in [3.8, 4) is 16.3 Å². The third-order valence-electron chi connectivity index (χ3n) is 3.74. The monoisotopic (exact) mass is 418 g/mol. The van der Waals surface area contributed by atoms with Crippen LogP contribution in [0.1, 0.15) is 15.4 Å². The molecule has 0 unspecified atom stereocenters. The van der Waals surface area contributed by atoms with E-state index in [2.05, 4.69) is 4.98 Å². The first-order valence-corrected chi connectivity index (χ1v) is 10.7. The van der Waals surface area contributed by atoms with Gasteiger partial charge >= 0.3 is 5.97 Å². The van der Waals surface area contributed by atoms with Gasteiger partial charge in [-0.15, -0.1) is 11.3 Å². The fourth-order valence-corrected chi connectivity index (χ4v) is 3.86. The van der Waals surface area contributed by atoms with Crippen molar-refractivity contribution in [1.29, 1.82) is 0 Å². The number of esters is 1. The topological polar surface area (TPSA) is 109 Å². The molecule has 0 saturated heterocycles. The molecule has 0 amide bonds. The molecule has 0 aliphatic rings. The second kappa shape index (κ2) is 8.51. The summed E-state index contributed by atoms with van der Waals surface area (Å²) < 4.78 is 33.1. The summed E-state index contributed by atoms with van der Waals surface area (Å²) in [5.74, 6) is -0.00543. The number of thiazole rings is 1. The van der Waals surface area contributed by atoms with E-state index in [1.165, 1.54) is 35.6 Å². The standard InChI is InChI=1S/C19H18N2O5S2/c1-13-17(27-18(21-13)14-5-3-2-4-6-14)19(22)26-12-11-25-15-7-9-16(10-8-15)28(20,23)24/h2-10H,11-12H2,1H3,(H2,20,23,24). The average Bonchev–Trinajstić information content (AvgIpc) is 3.07. The summed E-state index contributed by atoms with van der Waals surface area (Å²) in [4.78, 5) is 17.2. The predicted octanol–water partition coefficient (Wildman–Crippen LogP) is 3.00. The molecule has 0 saturated carbocycles. The number of aromatic nitrogens is 1. The van der Waals surface area contributed by atoms with Crippen molar-refractivity contribution >= 4 is 27.3 Å². The number of hydrogen-bond donors (Lipinski definition) is 1. The Labute approximate surface area is 166 Å². The lowest BCUT2D eigenvalue weighted by Gasteiger charge is -2.07. The number of primary sulfonamides is 1. The van der Waals surface area contributed by atoms with Gasteiger partial charge in [0.2, 0.25) is 10.0 Å². The van der Waals surface area contributed by atoms with Gasteiger partial charge < -0.3 is 9.47 Å². The SMILES string of the molecule is Cc1nc(-c2ccccc2)sc1C(=O)OCCOc1ccc(S(N)(=O)=O)cc1. The third-order valence-corrected chi connectivity index (χ3v) is 5.86. The number of sulfonamides is 1. The first kappa shape index (κ1) is 20.0. The smallest absolute Gasteiger partial charge is 0.350 e. The lowest BCUT2D eigenvalue weighted by Crippen LogP contribution is -2.13. The molecule has 3 rings (SSSR count). The van der Waals surface area contributed by atoms with Gasteiger partial charge in [0.15, 0.2) is 0 Å². The molecule has 0 bridgehead atoms. The van der Waals surface area contributed by atoms with Gasteiger partial charge in [-0.3, -0.25) is 0 Å². The zero-order valence-corrected chi connectivity index (χ0v) is 16.6. The lowest BCUT2D eigenvalue weighted by atomic mass is 10.2. The van der Waals surface area contributed by atoms with Crippen LogP contribution in [0, 0.1) is 6.92 Å². The van der Waals surface area contributed by atoms with Gasteiger partial charge in [0.25, 0.3) is 0 Å². The predicted molar refractivity (Wildman–Crippen MR) is 106 cm³/mol. The molecule has 7 nitrogen and oxygen atoms in total. The molecule has 0 aliphatic heterocycles. The molecule has 0 radical (unpaired) electrons. The maximum atomic E-state index is 12.3. The fourth-order valence-electron chi connectivity index (χ4n) is 2.37. The van der Waals surface area contributed by atoms with Crippen molar-refractivity contribution in [2.45, 2.75) is 11.8 Å². The Morgan fingerprint density at radius 2 is 1.75 bits per heavy atom. The van der Waals surface area contributed by atoms with E-state index in [4.69, 9.17) is 14.6 Å². The van der Waals surface area contributed by atoms with Crippen molar-refractivity contribution < 1.29 is 22.7 Å². The van der Waals surface area contributed by atoms with Crippen LogP contribution in [0.2, 0.25) is 0 Å². The number of carbonyl (C=O) groups is 1. The highest BCUT2D eigenvalue weighted by atomic mass is 32.2. The van der Waals surface area contributed by atoms with Gasteiger partial charge in [-0.05, 0) is 31.2 Å². The van der Waals surface area contributed by atoms with Crippen LogP contribution in [-0.4, -0.2) is 32.6 Å². The molecule has 0 fully saturated rings. The summed E-state index contributed by atoms with van der Waals surface area (Å²) in [5, 5.41) is 5.80. The molecule has 9 heteroatoms. The Balaban J connectivity index is 1.53. The van der Waals surface area contributed by atoms with Crippen molar-refractivity contribution in [3.05, 3.63) is 65.2 Å². The Morgan fingerprint density at radius 3 is 2.39 bits per heavy atom. The van der Waals surface area contributed by atoms with Crippen LogP contribution in [0.3, 0.4) is 0 Å². The zero-order chi connectivity index (χ0) is 20.1. The molecule has 2 aromatic carbocycles. The summed E-state index contributed by atoms with van der Waals surface area (Å²) in [5.41, 5.74) is 1.56. The van der Waals surface area contributed by atoms with Gasteiger partial charge in [-0.2, -0.15) is 0 Å². The Bertz CT molecular complexity index is 1060. The molecule has 0 aliphatic carbocycles. The molecular weight excluding hydrogens is 400 g/mol. The molecule has 0 atom stereocenters. The normalized spacial score (nSPS) is 11.2. The minimum atomic E-state index is -3.74. The quantitative estimate of drug-likeness (QED) is 0.467. The summed E-state index contributed by atoms with van der Waals surface area (Å²) in [6.45, 7) is 1.95. The van der Waals surface area contributed by atoms with Crippen LogP contribution in [0.5, 0.6) is 5.75 Å². The highest BCUT2D eigenvalue weighted by molar-refractivity contribution is 7.89. The van der Waals surface area contributed by atoms with E-state index in [0.717, 1.165) is 10.6 Å². The average molecular weight is 418 g/mol. The van der Waals surface area contributed by atoms with Crippen LogP contribution >= 0.6 is 11.3 Å². The van der Waals surface area contributed by atoms with Crippen LogP contribution in [0.15, 0.2) is 59.5 Å². The summed E-state index contributed by atoms with van der Waals surface area (Å²) in [6.07, 6.45) is 0. The van der Waals surface area contributed by atoms with Crippen molar-refractivity contribution in [3.63, 3.8) is 0 Å². The molecule has 28 heavy (non-hydrogen) atoms. The van der Waals surface area contributed by atoms with Crippen molar-refractivity contribution in [2.24, 2.45) is 5.14 Å². The van der Waals surface area contributed by atoms with E-state index in [0.29, 0.717) is 16.3 Å². The minimum absolute atomic E-state index is 0.00108. The second-order valence-electron chi connectivity index (χ2n) is 5.80. The Hall–Kier alpha value is -2.75. The Morgan fingerprint density at radius 1 is 1.07 bits per heavy atom. The summed E-state index contributed by atoms with van der Waals surface area (Å²) >= 11 is 1.28. The Kier molecular flexibility index (Phi) is 6.08. The number of rotatable bonds is 7. The largest absolute Gasteiger partial charge is 0.490 e. The number of aryl methyl sites for hydroxylation is 1. The molecule has 146 valence electrons. The van der Waals surface area contributed by atoms with Gasteiger partial charge in [-0.25, -0.2) is 23.3 Å². The maximum Gasteiger partial charge on any atom is 0.350 e. The van der Waals surface area contributed by atoms with Gasteiger partial charge in [0.1, 0.15) is 28.8 Å². The highest BCUT2D eigenvalue weighted by Gasteiger charge is 2.17. The lowest BCUT2D eigenvalue weighted by molar-refractivity contribution is 0.0455. The number of benzene rings is 2. The number of carbonyl (C=O) groups excluding carboxylic acids is 1. The zero-order valence-electron chi connectivity index (χ0n) is 15.0. The first-order chi connectivity index (χ1) is 13.3. The highest BCUT2D eigenvalue weighted by Crippen LogP contribution is 2.28. The van der Waals surface area contributed by atoms with Crippen molar-refractivity contribution in [1.82, 2.24) is 4.98 Å². The van der Waals surface area contributed by atoms with E-state index in [-0.39, 0.29) is 18.1 Å². The van der Waals surface area contributed by atoms with E-state index in [9.17, 15) is 13.2 Å². The van der Waals surface area contributed by atoms with E-state index >= 15 is 0 Å². The van der Waals surface area contributed by atoms with Crippen molar-refractivity contribution in [2.75, 3.05) is 13.2 Å². The van der Waals surface area contributed by atoms with E-state index in [1.54, 1.807) is 6.92 Å². The van der Waals surface area contributed by atoms with E-state index < -0.39 is 16.0 Å². The summed E-state index contributed by atoms with van der Waals surface area (Å²) in [7, 11) is -3.74. The van der Waals surface area contributed by atoms with Gasteiger partial charge in [0.05, 0.1) is 10.6 Å². The second-order valence-corrected chi connectivity index (χ2v) is 8.36. The molecular formula is C19H18N2O5S2. The van der Waals surface area contributed by atoms with E-state index in [1.807, 2.05) is 30.3 Å². The summed E-state index contributed by atoms with van der Waals surface area (Å²) in [6, 6.07) is 15.3. The maximum absolute atomic E-state index is 12.3. The van der Waals surface area contributed by atoms with Crippen LogP contribution in [-0.2, 0) is 14.8 Å². The third kappa shape index (κ3) is 4.94. The van der Waals surface area contributed by atoms with Crippen LogP contribution in [0.25, 0.3) is 10.6 Å². The molecule has 0 spiro atoms. The van der Waals surface area contributed by atoms with Gasteiger partial charge in [-0.1, -0.05) is 30.3 Å². The van der Waals surface area contributed by atoms with Crippen LogP contribution in [0.4, 0.5) is 0 Å². The number of nitrogens with zero attached hydrogens (tertiary/aromatic N) is 1. The minimum Gasteiger partial charge on any atom is -0.490 e. The molecule has 1 heterocycles. The molecule has 1 aromatic heterocycles. The molecule has 2 N–H and O–H groups in total. The van der Waals surface area contributed by atoms with Gasteiger partial charge in [0, 0.05) is 5.56 Å². The first-order valence-electron chi connectivity index (χ1n) is 8.30. The van der Waals surface area contributed by atoms with Crippen LogP contribution < -0.4 is 9.88 Å². The molecule has 3 aromatic rings. The number of nitrogens with two attached hydrogens (primary N) is 1. The number of hydrogen-bond acceptors (Lipinski definition) is 7. The fraction of sp³-hybridized carbons (Fsp3) is 0.158.